The minimum atomic E-state index is 0.662. The molecule has 0 aliphatic carbocycles. The van der Waals surface area contributed by atoms with E-state index < -0.39 is 0 Å². The average Bonchev–Trinajstić information content (AvgIpc) is 2.69. The lowest BCUT2D eigenvalue weighted by Gasteiger charge is -2.07. The van der Waals surface area contributed by atoms with Crippen LogP contribution in [-0.2, 0) is 6.54 Å². The van der Waals surface area contributed by atoms with Gasteiger partial charge in [0.05, 0.1) is 17.6 Å². The Morgan fingerprint density at radius 3 is 2.79 bits per heavy atom. The van der Waals surface area contributed by atoms with E-state index in [0.29, 0.717) is 11.3 Å². The van der Waals surface area contributed by atoms with Crippen molar-refractivity contribution in [3.05, 3.63) is 62.3 Å². The quantitative estimate of drug-likeness (QED) is 0.631. The molecular formula is C14H10BrClN2S. The van der Waals surface area contributed by atoms with Crippen LogP contribution in [0.4, 0.5) is 0 Å². The Morgan fingerprint density at radius 2 is 2.00 bits per heavy atom. The number of aromatic amines is 1. The van der Waals surface area contributed by atoms with Gasteiger partial charge in [-0.25, -0.2) is 0 Å². The minimum absolute atomic E-state index is 0.662. The van der Waals surface area contributed by atoms with Crippen LogP contribution in [0.2, 0.25) is 5.02 Å². The van der Waals surface area contributed by atoms with Crippen LogP contribution >= 0.6 is 39.7 Å². The summed E-state index contributed by atoms with van der Waals surface area (Å²) in [4.78, 5) is 3.21. The van der Waals surface area contributed by atoms with Crippen LogP contribution in [0.1, 0.15) is 5.56 Å². The summed E-state index contributed by atoms with van der Waals surface area (Å²) >= 11 is 15.1. The van der Waals surface area contributed by atoms with Gasteiger partial charge in [-0.15, -0.1) is 0 Å². The van der Waals surface area contributed by atoms with Gasteiger partial charge in [0, 0.05) is 9.50 Å². The summed E-state index contributed by atoms with van der Waals surface area (Å²) in [6.45, 7) is 0.662. The van der Waals surface area contributed by atoms with E-state index in [2.05, 4.69) is 31.5 Å². The lowest BCUT2D eigenvalue weighted by atomic mass is 10.2. The van der Waals surface area contributed by atoms with Gasteiger partial charge < -0.3 is 9.55 Å². The molecule has 19 heavy (non-hydrogen) atoms. The summed E-state index contributed by atoms with van der Waals surface area (Å²) in [6, 6.07) is 13.9. The van der Waals surface area contributed by atoms with Crippen molar-refractivity contribution in [2.45, 2.75) is 6.54 Å². The number of imidazole rings is 1. The monoisotopic (exact) mass is 352 g/mol. The number of H-pyrrole nitrogens is 1. The van der Waals surface area contributed by atoms with Gasteiger partial charge in [0.15, 0.2) is 4.77 Å². The maximum Gasteiger partial charge on any atom is 0.178 e. The number of aromatic nitrogens is 2. The van der Waals surface area contributed by atoms with E-state index in [-0.39, 0.29) is 0 Å². The number of hydrogen-bond acceptors (Lipinski definition) is 1. The third-order valence-electron chi connectivity index (χ3n) is 3.02. The standard InChI is InChI=1S/C14H10BrClN2S/c15-10-5-6-12-13(7-10)18(14(19)17-12)8-9-3-1-2-4-11(9)16/h1-7H,8H2,(H,17,19). The van der Waals surface area contributed by atoms with Crippen LogP contribution in [0.3, 0.4) is 0 Å². The molecule has 0 aliphatic rings. The zero-order valence-corrected chi connectivity index (χ0v) is 13.0. The van der Waals surface area contributed by atoms with Crippen molar-refractivity contribution in [2.24, 2.45) is 0 Å². The van der Waals surface area contributed by atoms with Crippen LogP contribution in [0.5, 0.6) is 0 Å². The zero-order chi connectivity index (χ0) is 13.4. The van der Waals surface area contributed by atoms with Crippen LogP contribution in [0.15, 0.2) is 46.9 Å². The molecule has 2 nitrogen and oxygen atoms in total. The van der Waals surface area contributed by atoms with Gasteiger partial charge in [0.1, 0.15) is 0 Å². The molecule has 3 rings (SSSR count). The van der Waals surface area contributed by atoms with Crippen LogP contribution in [-0.4, -0.2) is 9.55 Å². The Balaban J connectivity index is 2.15. The smallest absolute Gasteiger partial charge is 0.178 e. The molecule has 0 aliphatic heterocycles. The lowest BCUT2D eigenvalue weighted by Crippen LogP contribution is -2.00. The van der Waals surface area contributed by atoms with E-state index in [1.807, 2.05) is 36.4 Å². The van der Waals surface area contributed by atoms with Gasteiger partial charge in [-0.2, -0.15) is 0 Å². The Labute approximate surface area is 129 Å². The van der Waals surface area contributed by atoms with Crippen molar-refractivity contribution >= 4 is 50.8 Å². The van der Waals surface area contributed by atoms with E-state index in [0.717, 1.165) is 26.1 Å². The van der Waals surface area contributed by atoms with Crippen molar-refractivity contribution < 1.29 is 0 Å². The van der Waals surface area contributed by atoms with Crippen molar-refractivity contribution in [2.75, 3.05) is 0 Å². The molecule has 0 spiro atoms. The summed E-state index contributed by atoms with van der Waals surface area (Å²) in [5.41, 5.74) is 3.15. The van der Waals surface area contributed by atoms with Crippen LogP contribution in [0, 0.1) is 4.77 Å². The van der Waals surface area contributed by atoms with E-state index in [1.165, 1.54) is 0 Å². The number of halogens is 2. The fourth-order valence-electron chi connectivity index (χ4n) is 2.08. The number of rotatable bonds is 2. The second-order valence-electron chi connectivity index (χ2n) is 4.27. The van der Waals surface area contributed by atoms with Crippen molar-refractivity contribution in [3.63, 3.8) is 0 Å². The molecule has 1 N–H and O–H groups in total. The first-order chi connectivity index (χ1) is 9.15. The summed E-state index contributed by atoms with van der Waals surface area (Å²) in [5.74, 6) is 0. The average molecular weight is 354 g/mol. The molecule has 0 atom stereocenters. The summed E-state index contributed by atoms with van der Waals surface area (Å²) in [5, 5.41) is 0.758. The summed E-state index contributed by atoms with van der Waals surface area (Å²) < 4.78 is 3.78. The Hall–Kier alpha value is -1.10. The van der Waals surface area contributed by atoms with Gasteiger partial charge in [-0.3, -0.25) is 0 Å². The van der Waals surface area contributed by atoms with E-state index in [4.69, 9.17) is 23.8 Å². The van der Waals surface area contributed by atoms with E-state index in [9.17, 15) is 0 Å². The highest BCUT2D eigenvalue weighted by molar-refractivity contribution is 9.10. The SMILES string of the molecule is S=c1[nH]c2ccc(Br)cc2n1Cc1ccccc1Cl. The molecule has 1 heterocycles. The topological polar surface area (TPSA) is 20.7 Å². The molecule has 1 aromatic heterocycles. The lowest BCUT2D eigenvalue weighted by molar-refractivity contribution is 0.810. The largest absolute Gasteiger partial charge is 0.331 e. The second kappa shape index (κ2) is 5.12. The van der Waals surface area contributed by atoms with Gasteiger partial charge in [-0.1, -0.05) is 45.7 Å². The maximum absolute atomic E-state index is 6.21. The molecule has 0 saturated heterocycles. The Kier molecular flexibility index (Phi) is 3.48. The maximum atomic E-state index is 6.21. The number of nitrogens with one attached hydrogen (secondary N) is 1. The Bertz CT molecular complexity index is 807. The van der Waals surface area contributed by atoms with E-state index in [1.54, 1.807) is 0 Å². The van der Waals surface area contributed by atoms with Gasteiger partial charge in [0.2, 0.25) is 0 Å². The number of nitrogens with zero attached hydrogens (tertiary/aromatic N) is 1. The predicted molar refractivity (Wildman–Crippen MR) is 85.4 cm³/mol. The van der Waals surface area contributed by atoms with Gasteiger partial charge in [-0.05, 0) is 42.0 Å². The molecule has 3 aromatic rings. The summed E-state index contributed by atoms with van der Waals surface area (Å²) in [6.07, 6.45) is 0. The fourth-order valence-corrected chi connectivity index (χ4v) is 2.90. The van der Waals surface area contributed by atoms with Gasteiger partial charge >= 0.3 is 0 Å². The molecule has 0 saturated carbocycles. The Morgan fingerprint density at radius 1 is 1.21 bits per heavy atom. The molecule has 0 fully saturated rings. The first kappa shape index (κ1) is 12.9. The van der Waals surface area contributed by atoms with E-state index >= 15 is 0 Å². The van der Waals surface area contributed by atoms with Crippen molar-refractivity contribution in [1.82, 2.24) is 9.55 Å². The van der Waals surface area contributed by atoms with Crippen LogP contribution in [0.25, 0.3) is 11.0 Å². The molecular weight excluding hydrogens is 344 g/mol. The van der Waals surface area contributed by atoms with Crippen molar-refractivity contribution in [3.8, 4) is 0 Å². The zero-order valence-electron chi connectivity index (χ0n) is 9.86. The number of hydrogen-bond donors (Lipinski definition) is 1. The molecule has 0 amide bonds. The minimum Gasteiger partial charge on any atom is -0.331 e. The summed E-state index contributed by atoms with van der Waals surface area (Å²) in [7, 11) is 0. The molecule has 0 radical (unpaired) electrons. The fraction of sp³-hybridized carbons (Fsp3) is 0.0714. The molecule has 2 aromatic carbocycles. The predicted octanol–water partition coefficient (Wildman–Crippen LogP) is 5.16. The highest BCUT2D eigenvalue weighted by atomic mass is 79.9. The third-order valence-corrected chi connectivity index (χ3v) is 4.21. The molecule has 96 valence electrons. The van der Waals surface area contributed by atoms with Crippen molar-refractivity contribution in [1.29, 1.82) is 0 Å². The highest BCUT2D eigenvalue weighted by Crippen LogP contribution is 2.23. The normalized spacial score (nSPS) is 11.1. The first-order valence-electron chi connectivity index (χ1n) is 5.76. The second-order valence-corrected chi connectivity index (χ2v) is 5.98. The first-order valence-corrected chi connectivity index (χ1v) is 7.34. The molecule has 0 unspecified atom stereocenters. The highest BCUT2D eigenvalue weighted by Gasteiger charge is 2.07. The molecule has 5 heteroatoms. The number of benzene rings is 2. The third kappa shape index (κ3) is 2.48. The van der Waals surface area contributed by atoms with Crippen LogP contribution < -0.4 is 0 Å². The van der Waals surface area contributed by atoms with Gasteiger partial charge in [0.25, 0.3) is 0 Å². The molecule has 0 bridgehead atoms. The number of fused-ring (bicyclic) bond motifs is 1.